The number of hydrogen-bond donors (Lipinski definition) is 0. The van der Waals surface area contributed by atoms with Crippen molar-refractivity contribution >= 4 is 11.8 Å². The Balaban J connectivity index is 1.69. The van der Waals surface area contributed by atoms with Crippen LogP contribution in [0.4, 0.5) is 0 Å². The normalized spacial score (nSPS) is 13.6. The first-order chi connectivity index (χ1) is 11.5. The molecule has 3 rings (SSSR count). The second kappa shape index (κ2) is 6.48. The van der Waals surface area contributed by atoms with E-state index in [-0.39, 0.29) is 25.0 Å². The second-order valence-corrected chi connectivity index (χ2v) is 6.35. The summed E-state index contributed by atoms with van der Waals surface area (Å²) in [4.78, 5) is 25.9. The maximum absolute atomic E-state index is 12.3. The Morgan fingerprint density at radius 1 is 1.00 bits per heavy atom. The number of carbonyl (C=O) groups is 2. The molecular formula is C20H21NO3. The fourth-order valence-electron chi connectivity index (χ4n) is 2.93. The summed E-state index contributed by atoms with van der Waals surface area (Å²) in [5.74, 6) is 0.682. The van der Waals surface area contributed by atoms with Crippen molar-refractivity contribution in [3.05, 3.63) is 64.7 Å². The van der Waals surface area contributed by atoms with Gasteiger partial charge in [0.15, 0.2) is 0 Å². The molecule has 1 heterocycles. The van der Waals surface area contributed by atoms with Crippen LogP contribution in [0.3, 0.4) is 0 Å². The van der Waals surface area contributed by atoms with Gasteiger partial charge in [-0.15, -0.1) is 0 Å². The minimum atomic E-state index is -0.243. The van der Waals surface area contributed by atoms with E-state index in [9.17, 15) is 9.59 Å². The van der Waals surface area contributed by atoms with Crippen molar-refractivity contribution in [1.82, 2.24) is 4.90 Å². The van der Waals surface area contributed by atoms with Gasteiger partial charge in [-0.05, 0) is 42.2 Å². The van der Waals surface area contributed by atoms with Crippen LogP contribution < -0.4 is 4.74 Å². The summed E-state index contributed by atoms with van der Waals surface area (Å²) in [5.41, 5.74) is 3.19. The quantitative estimate of drug-likeness (QED) is 0.786. The van der Waals surface area contributed by atoms with Gasteiger partial charge in [0.25, 0.3) is 11.8 Å². The lowest BCUT2D eigenvalue weighted by atomic mass is 10.0. The number of carbonyl (C=O) groups excluding carboxylic acids is 2. The molecule has 0 unspecified atom stereocenters. The van der Waals surface area contributed by atoms with Gasteiger partial charge in [-0.25, -0.2) is 0 Å². The summed E-state index contributed by atoms with van der Waals surface area (Å²) in [6, 6.07) is 13.0. The number of benzene rings is 2. The van der Waals surface area contributed by atoms with Gasteiger partial charge < -0.3 is 4.74 Å². The van der Waals surface area contributed by atoms with Gasteiger partial charge >= 0.3 is 0 Å². The number of hydrogen-bond acceptors (Lipinski definition) is 3. The van der Waals surface area contributed by atoms with Crippen LogP contribution in [-0.4, -0.2) is 29.9 Å². The van der Waals surface area contributed by atoms with E-state index in [0.29, 0.717) is 17.0 Å². The van der Waals surface area contributed by atoms with Gasteiger partial charge in [-0.1, -0.05) is 38.1 Å². The Morgan fingerprint density at radius 3 is 2.21 bits per heavy atom. The highest BCUT2D eigenvalue weighted by molar-refractivity contribution is 6.21. The molecule has 0 atom stereocenters. The molecule has 0 aliphatic carbocycles. The van der Waals surface area contributed by atoms with E-state index in [1.165, 1.54) is 4.90 Å². The SMILES string of the molecule is Cc1ccc(C(C)C)c(OCCN2C(=O)c3ccccc3C2=O)c1. The Hall–Kier alpha value is -2.62. The molecule has 2 aromatic rings. The number of amides is 2. The second-order valence-electron chi connectivity index (χ2n) is 6.35. The molecule has 1 aliphatic rings. The Kier molecular flexibility index (Phi) is 4.38. The molecule has 4 heteroatoms. The third kappa shape index (κ3) is 2.92. The molecule has 0 spiro atoms. The molecule has 0 fully saturated rings. The van der Waals surface area contributed by atoms with E-state index in [4.69, 9.17) is 4.74 Å². The largest absolute Gasteiger partial charge is 0.491 e. The van der Waals surface area contributed by atoms with Crippen LogP contribution in [0.25, 0.3) is 0 Å². The number of imide groups is 1. The fraction of sp³-hybridized carbons (Fsp3) is 0.300. The number of aryl methyl sites for hydroxylation is 1. The van der Waals surface area contributed by atoms with Crippen molar-refractivity contribution in [2.45, 2.75) is 26.7 Å². The van der Waals surface area contributed by atoms with E-state index in [1.54, 1.807) is 24.3 Å². The average Bonchev–Trinajstić information content (AvgIpc) is 2.80. The third-order valence-electron chi connectivity index (χ3n) is 4.24. The number of rotatable bonds is 5. The van der Waals surface area contributed by atoms with Gasteiger partial charge in [-0.2, -0.15) is 0 Å². The Labute approximate surface area is 142 Å². The average molecular weight is 323 g/mol. The predicted molar refractivity (Wildman–Crippen MR) is 92.6 cm³/mol. The lowest BCUT2D eigenvalue weighted by molar-refractivity contribution is 0.0631. The monoisotopic (exact) mass is 323 g/mol. The number of nitrogens with zero attached hydrogens (tertiary/aromatic N) is 1. The highest BCUT2D eigenvalue weighted by Crippen LogP contribution is 2.28. The van der Waals surface area contributed by atoms with Crippen LogP contribution in [0.15, 0.2) is 42.5 Å². The topological polar surface area (TPSA) is 46.6 Å². The molecular weight excluding hydrogens is 302 g/mol. The van der Waals surface area contributed by atoms with E-state index in [0.717, 1.165) is 16.9 Å². The van der Waals surface area contributed by atoms with Gasteiger partial charge in [0.1, 0.15) is 12.4 Å². The lowest BCUT2D eigenvalue weighted by Crippen LogP contribution is -2.33. The van der Waals surface area contributed by atoms with Crippen LogP contribution in [0.1, 0.15) is 51.6 Å². The van der Waals surface area contributed by atoms with Crippen LogP contribution in [0, 0.1) is 6.92 Å². The molecule has 0 saturated carbocycles. The van der Waals surface area contributed by atoms with Crippen molar-refractivity contribution in [3.8, 4) is 5.75 Å². The molecule has 4 nitrogen and oxygen atoms in total. The zero-order chi connectivity index (χ0) is 17.3. The zero-order valence-electron chi connectivity index (χ0n) is 14.2. The van der Waals surface area contributed by atoms with E-state index in [2.05, 4.69) is 26.0 Å². The van der Waals surface area contributed by atoms with Crippen molar-refractivity contribution in [2.24, 2.45) is 0 Å². The lowest BCUT2D eigenvalue weighted by Gasteiger charge is -2.17. The van der Waals surface area contributed by atoms with Crippen LogP contribution in [0.2, 0.25) is 0 Å². The molecule has 2 aromatic carbocycles. The maximum Gasteiger partial charge on any atom is 0.261 e. The standard InChI is InChI=1S/C20H21NO3/c1-13(2)15-9-8-14(3)12-18(15)24-11-10-21-19(22)16-6-4-5-7-17(16)20(21)23/h4-9,12-13H,10-11H2,1-3H3. The van der Waals surface area contributed by atoms with Gasteiger partial charge in [0.2, 0.25) is 0 Å². The maximum atomic E-state index is 12.3. The van der Waals surface area contributed by atoms with Crippen molar-refractivity contribution < 1.29 is 14.3 Å². The summed E-state index contributed by atoms with van der Waals surface area (Å²) in [5, 5.41) is 0. The highest BCUT2D eigenvalue weighted by Gasteiger charge is 2.34. The first-order valence-corrected chi connectivity index (χ1v) is 8.17. The number of fused-ring (bicyclic) bond motifs is 1. The summed E-state index contributed by atoms with van der Waals surface area (Å²) in [7, 11) is 0. The summed E-state index contributed by atoms with van der Waals surface area (Å²) in [6.45, 7) is 6.77. The van der Waals surface area contributed by atoms with Gasteiger partial charge in [-0.3, -0.25) is 14.5 Å². The molecule has 1 aliphatic heterocycles. The smallest absolute Gasteiger partial charge is 0.261 e. The minimum Gasteiger partial charge on any atom is -0.491 e. The van der Waals surface area contributed by atoms with Crippen LogP contribution in [-0.2, 0) is 0 Å². The molecule has 2 amide bonds. The predicted octanol–water partition coefficient (Wildman–Crippen LogP) is 3.79. The van der Waals surface area contributed by atoms with Crippen molar-refractivity contribution in [1.29, 1.82) is 0 Å². The molecule has 0 saturated heterocycles. The van der Waals surface area contributed by atoms with Gasteiger partial charge in [0, 0.05) is 0 Å². The fourth-order valence-corrected chi connectivity index (χ4v) is 2.93. The zero-order valence-corrected chi connectivity index (χ0v) is 14.2. The Morgan fingerprint density at radius 2 is 1.62 bits per heavy atom. The Bertz CT molecular complexity index is 760. The molecule has 0 radical (unpaired) electrons. The van der Waals surface area contributed by atoms with E-state index >= 15 is 0 Å². The molecule has 0 aromatic heterocycles. The van der Waals surface area contributed by atoms with Crippen molar-refractivity contribution in [2.75, 3.05) is 13.2 Å². The highest BCUT2D eigenvalue weighted by atomic mass is 16.5. The molecule has 0 bridgehead atoms. The van der Waals surface area contributed by atoms with Crippen LogP contribution in [0.5, 0.6) is 5.75 Å². The number of ether oxygens (including phenoxy) is 1. The first kappa shape index (κ1) is 16.2. The first-order valence-electron chi connectivity index (χ1n) is 8.17. The summed E-state index contributed by atoms with van der Waals surface area (Å²) < 4.78 is 5.89. The van der Waals surface area contributed by atoms with Crippen molar-refractivity contribution in [3.63, 3.8) is 0 Å². The minimum absolute atomic E-state index is 0.243. The molecule has 0 N–H and O–H groups in total. The van der Waals surface area contributed by atoms with Crippen LogP contribution >= 0.6 is 0 Å². The molecule has 24 heavy (non-hydrogen) atoms. The van der Waals surface area contributed by atoms with Gasteiger partial charge in [0.05, 0.1) is 17.7 Å². The summed E-state index contributed by atoms with van der Waals surface area (Å²) >= 11 is 0. The van der Waals surface area contributed by atoms with E-state index < -0.39 is 0 Å². The van der Waals surface area contributed by atoms with E-state index in [1.807, 2.05) is 13.0 Å². The third-order valence-corrected chi connectivity index (χ3v) is 4.24. The molecule has 124 valence electrons. The summed E-state index contributed by atoms with van der Waals surface area (Å²) in [6.07, 6.45) is 0.